The van der Waals surface area contributed by atoms with Gasteiger partial charge in [-0.25, -0.2) is 9.97 Å². The molecular formula is C27H25N7O2S. The number of hydrogen-bond donors (Lipinski definition) is 3. The van der Waals surface area contributed by atoms with Gasteiger partial charge in [0.05, 0.1) is 31.3 Å². The van der Waals surface area contributed by atoms with Crippen LogP contribution in [0.2, 0.25) is 0 Å². The Bertz CT molecular complexity index is 1510. The quantitative estimate of drug-likeness (QED) is 0.289. The number of carbonyl (C=O) groups is 1. The van der Waals surface area contributed by atoms with E-state index in [1.165, 1.54) is 0 Å². The number of anilines is 3. The molecule has 1 aliphatic rings. The Kier molecular flexibility index (Phi) is 6.59. The van der Waals surface area contributed by atoms with Crippen LogP contribution in [0.15, 0.2) is 72.4 Å². The molecule has 0 radical (unpaired) electrons. The normalized spacial score (nSPS) is 14.1. The number of fused-ring (bicyclic) bond motifs is 1. The molecule has 5 aromatic rings. The minimum atomic E-state index is -0.0464. The highest BCUT2D eigenvalue weighted by atomic mass is 32.1. The van der Waals surface area contributed by atoms with Gasteiger partial charge in [-0.3, -0.25) is 14.8 Å². The number of amides is 1. The van der Waals surface area contributed by atoms with Crippen LogP contribution in [-0.4, -0.2) is 63.8 Å². The van der Waals surface area contributed by atoms with E-state index in [-0.39, 0.29) is 5.91 Å². The first kappa shape index (κ1) is 23.3. The number of H-pyrrole nitrogens is 1. The second-order valence-corrected chi connectivity index (χ2v) is 9.64. The summed E-state index contributed by atoms with van der Waals surface area (Å²) in [6.07, 6.45) is 3.67. The Balaban J connectivity index is 1.23. The molecule has 3 aromatic heterocycles. The maximum atomic E-state index is 12.6. The molecule has 10 heteroatoms. The highest BCUT2D eigenvalue weighted by Gasteiger charge is 2.15. The third-order valence-corrected chi connectivity index (χ3v) is 6.99. The first-order chi connectivity index (χ1) is 18.2. The Morgan fingerprint density at radius 2 is 1.86 bits per heavy atom. The van der Waals surface area contributed by atoms with Crippen molar-refractivity contribution in [2.24, 2.45) is 0 Å². The highest BCUT2D eigenvalue weighted by molar-refractivity contribution is 7.16. The average Bonchev–Trinajstić information content (AvgIpc) is 3.63. The zero-order chi connectivity index (χ0) is 25.0. The summed E-state index contributed by atoms with van der Waals surface area (Å²) in [5.74, 6) is 1.28. The summed E-state index contributed by atoms with van der Waals surface area (Å²) in [7, 11) is 0. The second-order valence-electron chi connectivity index (χ2n) is 8.74. The number of aromatic nitrogens is 4. The monoisotopic (exact) mass is 511 g/mol. The van der Waals surface area contributed by atoms with Crippen LogP contribution in [0.5, 0.6) is 0 Å². The summed E-state index contributed by atoms with van der Waals surface area (Å²) in [5, 5.41) is 16.3. The zero-order valence-corrected chi connectivity index (χ0v) is 20.8. The van der Waals surface area contributed by atoms with Crippen molar-refractivity contribution < 1.29 is 9.53 Å². The lowest BCUT2D eigenvalue weighted by Gasteiger charge is -2.25. The average molecular weight is 512 g/mol. The molecule has 3 N–H and O–H groups in total. The second kappa shape index (κ2) is 10.5. The smallest absolute Gasteiger partial charge is 0.238 e. The lowest BCUT2D eigenvalue weighted by molar-refractivity contribution is -0.118. The maximum absolute atomic E-state index is 12.6. The molecule has 9 nitrogen and oxygen atoms in total. The molecule has 0 bridgehead atoms. The number of hydrogen-bond acceptors (Lipinski definition) is 8. The van der Waals surface area contributed by atoms with E-state index in [9.17, 15) is 4.79 Å². The van der Waals surface area contributed by atoms with Gasteiger partial charge < -0.3 is 15.4 Å². The molecule has 0 unspecified atom stereocenters. The number of nitrogens with zero attached hydrogens (tertiary/aromatic N) is 4. The molecule has 1 amide bonds. The van der Waals surface area contributed by atoms with Crippen LogP contribution in [0.3, 0.4) is 0 Å². The molecule has 4 heterocycles. The molecule has 6 rings (SSSR count). The van der Waals surface area contributed by atoms with Crippen LogP contribution in [0, 0.1) is 0 Å². The minimum absolute atomic E-state index is 0.0464. The largest absolute Gasteiger partial charge is 0.379 e. The third kappa shape index (κ3) is 5.36. The Labute approximate surface area is 217 Å². The fourth-order valence-electron chi connectivity index (χ4n) is 4.27. The van der Waals surface area contributed by atoms with Crippen LogP contribution in [-0.2, 0) is 9.53 Å². The van der Waals surface area contributed by atoms with E-state index in [1.54, 1.807) is 17.5 Å². The Morgan fingerprint density at radius 1 is 1.00 bits per heavy atom. The van der Waals surface area contributed by atoms with Gasteiger partial charge in [0.1, 0.15) is 10.6 Å². The Hall–Kier alpha value is -4.12. The lowest BCUT2D eigenvalue weighted by Crippen LogP contribution is -2.41. The van der Waals surface area contributed by atoms with Gasteiger partial charge in [0, 0.05) is 41.8 Å². The molecular weight excluding hydrogens is 486 g/mol. The van der Waals surface area contributed by atoms with E-state index < -0.39 is 0 Å². The Morgan fingerprint density at radius 3 is 2.68 bits per heavy atom. The number of carbonyl (C=O) groups excluding carboxylic acids is 1. The first-order valence-electron chi connectivity index (χ1n) is 12.0. The van der Waals surface area contributed by atoms with Crippen LogP contribution in [0.4, 0.5) is 17.2 Å². The molecule has 1 saturated heterocycles. The van der Waals surface area contributed by atoms with E-state index in [0.717, 1.165) is 57.2 Å². The van der Waals surface area contributed by atoms with Crippen LogP contribution < -0.4 is 10.6 Å². The molecule has 0 aliphatic carbocycles. The molecule has 2 aromatic carbocycles. The van der Waals surface area contributed by atoms with Crippen LogP contribution in [0.25, 0.3) is 32.7 Å². The van der Waals surface area contributed by atoms with Gasteiger partial charge >= 0.3 is 0 Å². The van der Waals surface area contributed by atoms with E-state index >= 15 is 0 Å². The van der Waals surface area contributed by atoms with Crippen molar-refractivity contribution in [1.82, 2.24) is 25.1 Å². The van der Waals surface area contributed by atoms with Crippen LogP contribution >= 0.6 is 11.3 Å². The topological polar surface area (TPSA) is 108 Å². The number of ether oxygens (including phenoxy) is 1. The van der Waals surface area contributed by atoms with Gasteiger partial charge in [0.2, 0.25) is 5.91 Å². The third-order valence-electron chi connectivity index (χ3n) is 6.18. The number of aromatic amines is 1. The summed E-state index contributed by atoms with van der Waals surface area (Å²) >= 11 is 1.57. The first-order valence-corrected chi connectivity index (χ1v) is 12.9. The fourth-order valence-corrected chi connectivity index (χ4v) is 5.03. The van der Waals surface area contributed by atoms with Gasteiger partial charge in [-0.05, 0) is 41.3 Å². The van der Waals surface area contributed by atoms with Crippen molar-refractivity contribution in [1.29, 1.82) is 0 Å². The van der Waals surface area contributed by atoms with Crippen molar-refractivity contribution in [2.75, 3.05) is 43.5 Å². The predicted octanol–water partition coefficient (Wildman–Crippen LogP) is 4.76. The van der Waals surface area contributed by atoms with Gasteiger partial charge in [-0.1, -0.05) is 24.3 Å². The van der Waals surface area contributed by atoms with Crippen LogP contribution in [0.1, 0.15) is 0 Å². The molecule has 0 saturated carbocycles. The van der Waals surface area contributed by atoms with E-state index in [1.807, 2.05) is 66.2 Å². The molecule has 186 valence electrons. The molecule has 1 aliphatic heterocycles. The molecule has 0 spiro atoms. The predicted molar refractivity (Wildman–Crippen MR) is 146 cm³/mol. The highest BCUT2D eigenvalue weighted by Crippen LogP contribution is 2.31. The standard InChI is InChI=1S/C27H25N7O2S/c35-24(17-34-9-11-36-12-10-34)30-22-3-1-2-19(14-22)25-32-26(23-8-13-37-27(23)33-25)31-21-6-4-18(5-7-21)20-15-28-29-16-20/h1-8,13-16H,9-12,17H2,(H,28,29)(H,30,35)(H,31,32,33). The van der Waals surface area contributed by atoms with Crippen molar-refractivity contribution >= 4 is 44.7 Å². The lowest BCUT2D eigenvalue weighted by atomic mass is 10.1. The van der Waals surface area contributed by atoms with Crippen molar-refractivity contribution in [3.05, 3.63) is 72.4 Å². The molecule has 0 atom stereocenters. The number of rotatable bonds is 7. The summed E-state index contributed by atoms with van der Waals surface area (Å²) in [6.45, 7) is 3.21. The van der Waals surface area contributed by atoms with E-state index in [2.05, 4.69) is 25.7 Å². The SMILES string of the molecule is O=C(CN1CCOCC1)Nc1cccc(-c2nc(Nc3ccc(-c4cn[nH]c4)cc3)c3ccsc3n2)c1. The fraction of sp³-hybridized carbons (Fsp3) is 0.185. The minimum Gasteiger partial charge on any atom is -0.379 e. The maximum Gasteiger partial charge on any atom is 0.238 e. The zero-order valence-electron chi connectivity index (χ0n) is 20.0. The van der Waals surface area contributed by atoms with Gasteiger partial charge in [0.15, 0.2) is 5.82 Å². The number of nitrogens with one attached hydrogen (secondary N) is 3. The number of benzene rings is 2. The number of morpholine rings is 1. The van der Waals surface area contributed by atoms with Gasteiger partial charge in [0.25, 0.3) is 0 Å². The van der Waals surface area contributed by atoms with Crippen molar-refractivity contribution in [2.45, 2.75) is 0 Å². The van der Waals surface area contributed by atoms with E-state index in [4.69, 9.17) is 14.7 Å². The van der Waals surface area contributed by atoms with Crippen molar-refractivity contribution in [3.63, 3.8) is 0 Å². The van der Waals surface area contributed by atoms with Gasteiger partial charge in [-0.15, -0.1) is 11.3 Å². The molecule has 1 fully saturated rings. The summed E-state index contributed by atoms with van der Waals surface area (Å²) in [6, 6.07) is 17.8. The van der Waals surface area contributed by atoms with Crippen molar-refractivity contribution in [3.8, 4) is 22.5 Å². The number of thiophene rings is 1. The van der Waals surface area contributed by atoms with E-state index in [0.29, 0.717) is 25.6 Å². The summed E-state index contributed by atoms with van der Waals surface area (Å²) in [4.78, 5) is 25.2. The molecule has 37 heavy (non-hydrogen) atoms. The summed E-state index contributed by atoms with van der Waals surface area (Å²) in [5.41, 5.74) is 4.59. The van der Waals surface area contributed by atoms with Gasteiger partial charge in [-0.2, -0.15) is 5.10 Å². The summed E-state index contributed by atoms with van der Waals surface area (Å²) < 4.78 is 5.36.